The zero-order chi connectivity index (χ0) is 12.1. The number of nitrogens with zero attached hydrogens (tertiary/aromatic N) is 1. The van der Waals surface area contributed by atoms with Crippen LogP contribution < -0.4 is 10.6 Å². The van der Waals surface area contributed by atoms with Gasteiger partial charge >= 0.3 is 6.03 Å². The highest BCUT2D eigenvalue weighted by Gasteiger charge is 2.06. The normalized spacial score (nSPS) is 9.31. The number of nitro groups is 1. The van der Waals surface area contributed by atoms with Crippen LogP contribution in [0.1, 0.15) is 6.92 Å². The summed E-state index contributed by atoms with van der Waals surface area (Å²) in [6, 6.07) is 4.57. The van der Waals surface area contributed by atoms with Gasteiger partial charge in [-0.1, -0.05) is 0 Å². The zero-order valence-electron chi connectivity index (χ0n) is 8.39. The van der Waals surface area contributed by atoms with Crippen molar-refractivity contribution >= 4 is 23.3 Å². The Morgan fingerprint density at radius 3 is 2.25 bits per heavy atom. The summed E-state index contributed by atoms with van der Waals surface area (Å²) in [7, 11) is 0. The van der Waals surface area contributed by atoms with Crippen molar-refractivity contribution in [2.24, 2.45) is 0 Å². The lowest BCUT2D eigenvalue weighted by Crippen LogP contribution is -2.32. The van der Waals surface area contributed by atoms with Crippen LogP contribution in [0.3, 0.4) is 0 Å². The topological polar surface area (TPSA) is 101 Å². The molecule has 0 radical (unpaired) electrons. The van der Waals surface area contributed by atoms with Crippen LogP contribution in [0.2, 0.25) is 0 Å². The van der Waals surface area contributed by atoms with Gasteiger partial charge in [-0.15, -0.1) is 0 Å². The zero-order valence-corrected chi connectivity index (χ0v) is 8.39. The van der Waals surface area contributed by atoms with Gasteiger partial charge in [0.2, 0.25) is 5.91 Å². The molecule has 0 saturated carbocycles. The van der Waals surface area contributed by atoms with E-state index in [1.807, 2.05) is 5.32 Å². The van der Waals surface area contributed by atoms with E-state index in [-0.39, 0.29) is 5.69 Å². The Morgan fingerprint density at radius 2 is 1.81 bits per heavy atom. The fraction of sp³-hybridized carbons (Fsp3) is 0.111. The minimum absolute atomic E-state index is 0.0717. The minimum Gasteiger partial charge on any atom is -0.308 e. The van der Waals surface area contributed by atoms with Gasteiger partial charge in [-0.2, -0.15) is 0 Å². The highest BCUT2D eigenvalue weighted by atomic mass is 16.6. The molecule has 7 nitrogen and oxygen atoms in total. The third-order valence-electron chi connectivity index (χ3n) is 1.63. The van der Waals surface area contributed by atoms with Crippen LogP contribution in [0.4, 0.5) is 16.2 Å². The molecule has 0 bridgehead atoms. The first-order chi connectivity index (χ1) is 7.49. The van der Waals surface area contributed by atoms with Crippen LogP contribution in [-0.2, 0) is 4.79 Å². The van der Waals surface area contributed by atoms with Crippen LogP contribution in [0.25, 0.3) is 0 Å². The molecule has 0 spiro atoms. The number of anilines is 1. The third kappa shape index (κ3) is 3.37. The second kappa shape index (κ2) is 4.87. The molecule has 16 heavy (non-hydrogen) atoms. The van der Waals surface area contributed by atoms with E-state index in [4.69, 9.17) is 0 Å². The molecule has 0 aliphatic carbocycles. The summed E-state index contributed by atoms with van der Waals surface area (Å²) < 4.78 is 0. The second-order valence-electron chi connectivity index (χ2n) is 2.94. The minimum atomic E-state index is -0.679. The first-order valence-electron chi connectivity index (χ1n) is 4.32. The Hall–Kier alpha value is -2.44. The van der Waals surface area contributed by atoms with Crippen molar-refractivity contribution in [3.8, 4) is 0 Å². The number of hydrogen-bond donors (Lipinski definition) is 2. The molecule has 1 rings (SSSR count). The number of imide groups is 1. The fourth-order valence-electron chi connectivity index (χ4n) is 0.989. The van der Waals surface area contributed by atoms with Crippen molar-refractivity contribution in [1.29, 1.82) is 0 Å². The van der Waals surface area contributed by atoms with Crippen LogP contribution >= 0.6 is 0 Å². The summed E-state index contributed by atoms with van der Waals surface area (Å²) in [5.41, 5.74) is 0.293. The van der Waals surface area contributed by atoms with Gasteiger partial charge in [0, 0.05) is 24.7 Å². The van der Waals surface area contributed by atoms with Crippen molar-refractivity contribution in [1.82, 2.24) is 5.32 Å². The van der Waals surface area contributed by atoms with Crippen LogP contribution in [-0.4, -0.2) is 16.9 Å². The molecule has 3 amide bonds. The van der Waals surface area contributed by atoms with Crippen molar-refractivity contribution in [3.05, 3.63) is 34.4 Å². The predicted octanol–water partition coefficient (Wildman–Crippen LogP) is 1.26. The maximum atomic E-state index is 11.1. The lowest BCUT2D eigenvalue weighted by molar-refractivity contribution is -0.384. The molecule has 84 valence electrons. The van der Waals surface area contributed by atoms with Gasteiger partial charge in [0.1, 0.15) is 0 Å². The number of urea groups is 1. The summed E-state index contributed by atoms with van der Waals surface area (Å²) >= 11 is 0. The molecule has 2 N–H and O–H groups in total. The van der Waals surface area contributed by atoms with E-state index in [0.717, 1.165) is 0 Å². The number of rotatable bonds is 2. The molecule has 0 atom stereocenters. The molecule has 0 aromatic heterocycles. The van der Waals surface area contributed by atoms with Gasteiger partial charge in [-0.25, -0.2) is 4.79 Å². The van der Waals surface area contributed by atoms with Gasteiger partial charge in [-0.3, -0.25) is 20.2 Å². The summed E-state index contributed by atoms with van der Waals surface area (Å²) in [4.78, 5) is 31.4. The number of non-ortho nitro benzene ring substituents is 1. The molecule has 0 saturated heterocycles. The van der Waals surface area contributed by atoms with E-state index >= 15 is 0 Å². The quantitative estimate of drug-likeness (QED) is 0.582. The van der Waals surface area contributed by atoms with E-state index in [1.54, 1.807) is 0 Å². The van der Waals surface area contributed by atoms with Gasteiger partial charge < -0.3 is 5.32 Å². The highest BCUT2D eigenvalue weighted by molar-refractivity contribution is 6.00. The first kappa shape index (κ1) is 11.6. The standard InChI is InChI=1S/C9H9N3O4/c1-6(13)10-9(14)11-7-2-4-8(5-3-7)12(15)16/h2-5H,1H3,(H2,10,11,13,14). The number of carbonyl (C=O) groups is 2. The first-order valence-corrected chi connectivity index (χ1v) is 4.32. The smallest absolute Gasteiger partial charge is 0.308 e. The second-order valence-corrected chi connectivity index (χ2v) is 2.94. The van der Waals surface area contributed by atoms with Crippen LogP contribution in [0, 0.1) is 10.1 Å². The average molecular weight is 223 g/mol. The van der Waals surface area contributed by atoms with Crippen molar-refractivity contribution < 1.29 is 14.5 Å². The van der Waals surface area contributed by atoms with Gasteiger partial charge in [0.05, 0.1) is 4.92 Å². The molecular formula is C9H9N3O4. The van der Waals surface area contributed by atoms with Crippen molar-refractivity contribution in [2.75, 3.05) is 5.32 Å². The van der Waals surface area contributed by atoms with Crippen LogP contribution in [0.5, 0.6) is 0 Å². The van der Waals surface area contributed by atoms with Gasteiger partial charge in [-0.05, 0) is 12.1 Å². The Balaban J connectivity index is 2.65. The maximum Gasteiger partial charge on any atom is 0.325 e. The number of benzene rings is 1. The third-order valence-corrected chi connectivity index (χ3v) is 1.63. The van der Waals surface area contributed by atoms with Crippen LogP contribution in [0.15, 0.2) is 24.3 Å². The number of hydrogen-bond acceptors (Lipinski definition) is 4. The molecule has 0 aliphatic heterocycles. The Kier molecular flexibility index (Phi) is 3.54. The highest BCUT2D eigenvalue weighted by Crippen LogP contribution is 2.14. The largest absolute Gasteiger partial charge is 0.325 e. The molecule has 1 aromatic carbocycles. The molecule has 0 aliphatic rings. The molecule has 1 aromatic rings. The Bertz CT molecular complexity index is 427. The lowest BCUT2D eigenvalue weighted by atomic mass is 10.3. The molecule has 7 heteroatoms. The van der Waals surface area contributed by atoms with E-state index in [2.05, 4.69) is 5.32 Å². The number of nitro benzene ring substituents is 1. The monoisotopic (exact) mass is 223 g/mol. The van der Waals surface area contributed by atoms with Gasteiger partial charge in [0.25, 0.3) is 5.69 Å². The average Bonchev–Trinajstić information content (AvgIpc) is 2.16. The molecule has 0 fully saturated rings. The predicted molar refractivity (Wildman–Crippen MR) is 55.9 cm³/mol. The maximum absolute atomic E-state index is 11.1. The summed E-state index contributed by atoms with van der Waals surface area (Å²) in [5, 5.41) is 14.7. The Morgan fingerprint density at radius 1 is 1.25 bits per heavy atom. The number of carbonyl (C=O) groups excluding carboxylic acids is 2. The summed E-state index contributed by atoms with van der Waals surface area (Å²) in [6.07, 6.45) is 0. The van der Waals surface area contributed by atoms with E-state index in [1.165, 1.54) is 31.2 Å². The molecule has 0 heterocycles. The van der Waals surface area contributed by atoms with E-state index in [9.17, 15) is 19.7 Å². The molecule has 0 unspecified atom stereocenters. The number of amides is 3. The Labute approximate surface area is 90.6 Å². The van der Waals surface area contributed by atoms with E-state index < -0.39 is 16.9 Å². The van der Waals surface area contributed by atoms with Crippen molar-refractivity contribution in [3.63, 3.8) is 0 Å². The summed E-state index contributed by atoms with van der Waals surface area (Å²) in [6.45, 7) is 1.20. The SMILES string of the molecule is CC(=O)NC(=O)Nc1ccc([N+](=O)[O-])cc1. The van der Waals surface area contributed by atoms with E-state index in [0.29, 0.717) is 5.69 Å². The summed E-state index contributed by atoms with van der Waals surface area (Å²) in [5.74, 6) is -0.487. The lowest BCUT2D eigenvalue weighted by Gasteiger charge is -2.04. The van der Waals surface area contributed by atoms with Gasteiger partial charge in [0.15, 0.2) is 0 Å². The number of nitrogens with one attached hydrogen (secondary N) is 2. The van der Waals surface area contributed by atoms with Crippen molar-refractivity contribution in [2.45, 2.75) is 6.92 Å². The fourth-order valence-corrected chi connectivity index (χ4v) is 0.989. The molecular weight excluding hydrogens is 214 g/mol.